The van der Waals surface area contributed by atoms with Crippen LogP contribution in [0.1, 0.15) is 71.6 Å². The Morgan fingerprint density at radius 1 is 1.18 bits per heavy atom. The number of carbonyl (C=O) groups is 1. The molecule has 0 spiro atoms. The topological polar surface area (TPSA) is 77.0 Å². The molecule has 3 atom stereocenters. The summed E-state index contributed by atoms with van der Waals surface area (Å²) < 4.78 is 0. The molecule has 0 radical (unpaired) electrons. The molecule has 0 aromatic rings. The molecular weight excluding hydrogens is 467 g/mol. The van der Waals surface area contributed by atoms with Gasteiger partial charge in [0.25, 0.3) is 0 Å². The SMILES string of the molecule is CCNC(=NCC1(C)CCCCC1O)NC1CCN(C(=O)C2CCCC2)C1.I. The van der Waals surface area contributed by atoms with E-state index >= 15 is 0 Å². The van der Waals surface area contributed by atoms with Gasteiger partial charge in [-0.3, -0.25) is 9.79 Å². The molecule has 7 heteroatoms. The Morgan fingerprint density at radius 2 is 1.89 bits per heavy atom. The number of likely N-dealkylation sites (tertiary alicyclic amines) is 1. The maximum Gasteiger partial charge on any atom is 0.225 e. The highest BCUT2D eigenvalue weighted by Gasteiger charge is 2.36. The number of amides is 1. The van der Waals surface area contributed by atoms with Crippen molar-refractivity contribution in [1.29, 1.82) is 0 Å². The van der Waals surface area contributed by atoms with Crippen LogP contribution in [0.15, 0.2) is 4.99 Å². The molecular formula is C21H39IN4O2. The molecule has 28 heavy (non-hydrogen) atoms. The van der Waals surface area contributed by atoms with Gasteiger partial charge in [-0.2, -0.15) is 0 Å². The normalized spacial score (nSPS) is 31.5. The zero-order valence-corrected chi connectivity index (χ0v) is 19.9. The number of rotatable bonds is 5. The molecule has 2 aliphatic carbocycles. The number of aliphatic hydroxyl groups is 1. The summed E-state index contributed by atoms with van der Waals surface area (Å²) in [6.45, 7) is 7.30. The van der Waals surface area contributed by atoms with Crippen LogP contribution in [-0.2, 0) is 4.79 Å². The monoisotopic (exact) mass is 506 g/mol. The van der Waals surface area contributed by atoms with Crippen molar-refractivity contribution in [2.45, 2.75) is 83.8 Å². The fourth-order valence-electron chi connectivity index (χ4n) is 4.85. The Kier molecular flexibility index (Phi) is 9.31. The molecule has 1 heterocycles. The van der Waals surface area contributed by atoms with Gasteiger partial charge in [-0.05, 0) is 39.0 Å². The molecule has 1 saturated heterocycles. The quantitative estimate of drug-likeness (QED) is 0.305. The van der Waals surface area contributed by atoms with E-state index in [9.17, 15) is 9.90 Å². The van der Waals surface area contributed by atoms with Crippen molar-refractivity contribution in [2.75, 3.05) is 26.2 Å². The molecule has 1 amide bonds. The largest absolute Gasteiger partial charge is 0.392 e. The second-order valence-electron chi connectivity index (χ2n) is 9.01. The molecule has 3 N–H and O–H groups in total. The van der Waals surface area contributed by atoms with Crippen molar-refractivity contribution in [3.63, 3.8) is 0 Å². The summed E-state index contributed by atoms with van der Waals surface area (Å²) in [6, 6.07) is 0.261. The summed E-state index contributed by atoms with van der Waals surface area (Å²) >= 11 is 0. The molecule has 6 nitrogen and oxygen atoms in total. The van der Waals surface area contributed by atoms with Gasteiger partial charge < -0.3 is 20.6 Å². The van der Waals surface area contributed by atoms with E-state index in [4.69, 9.17) is 4.99 Å². The van der Waals surface area contributed by atoms with Crippen LogP contribution in [0.3, 0.4) is 0 Å². The lowest BCUT2D eigenvalue weighted by molar-refractivity contribution is -0.134. The fourth-order valence-corrected chi connectivity index (χ4v) is 4.85. The molecule has 0 aromatic carbocycles. The van der Waals surface area contributed by atoms with Gasteiger partial charge in [0.05, 0.1) is 12.6 Å². The number of guanidine groups is 1. The Morgan fingerprint density at radius 3 is 2.57 bits per heavy atom. The Bertz CT molecular complexity index is 538. The third-order valence-electron chi connectivity index (χ3n) is 6.77. The second kappa shape index (κ2) is 11.0. The van der Waals surface area contributed by atoms with Gasteiger partial charge in [0.15, 0.2) is 5.96 Å². The maximum atomic E-state index is 12.6. The van der Waals surface area contributed by atoms with E-state index in [2.05, 4.69) is 24.5 Å². The second-order valence-corrected chi connectivity index (χ2v) is 9.01. The Balaban J connectivity index is 0.00000280. The van der Waals surface area contributed by atoms with Gasteiger partial charge in [-0.1, -0.05) is 32.6 Å². The molecule has 0 bridgehead atoms. The number of hydrogen-bond donors (Lipinski definition) is 3. The van der Waals surface area contributed by atoms with Gasteiger partial charge in [0, 0.05) is 37.0 Å². The number of hydrogen-bond acceptors (Lipinski definition) is 3. The smallest absolute Gasteiger partial charge is 0.225 e. The third kappa shape index (κ3) is 5.97. The van der Waals surface area contributed by atoms with Crippen LogP contribution in [0, 0.1) is 11.3 Å². The highest BCUT2D eigenvalue weighted by Crippen LogP contribution is 2.36. The minimum atomic E-state index is -0.260. The summed E-state index contributed by atoms with van der Waals surface area (Å²) in [4.78, 5) is 19.5. The van der Waals surface area contributed by atoms with Gasteiger partial charge in [0.2, 0.25) is 5.91 Å². The summed E-state index contributed by atoms with van der Waals surface area (Å²) in [7, 11) is 0. The van der Waals surface area contributed by atoms with Crippen LogP contribution in [0.25, 0.3) is 0 Å². The Labute approximate surface area is 187 Å². The van der Waals surface area contributed by atoms with Gasteiger partial charge in [0.1, 0.15) is 0 Å². The fraction of sp³-hybridized carbons (Fsp3) is 0.905. The van der Waals surface area contributed by atoms with Crippen LogP contribution >= 0.6 is 24.0 Å². The zero-order chi connectivity index (χ0) is 19.3. The van der Waals surface area contributed by atoms with Gasteiger partial charge >= 0.3 is 0 Å². The molecule has 3 unspecified atom stereocenters. The first-order chi connectivity index (χ1) is 13.0. The van der Waals surface area contributed by atoms with Gasteiger partial charge in [-0.25, -0.2) is 0 Å². The lowest BCUT2D eigenvalue weighted by Crippen LogP contribution is -2.46. The average molecular weight is 506 g/mol. The van der Waals surface area contributed by atoms with Crippen molar-refractivity contribution in [2.24, 2.45) is 16.3 Å². The van der Waals surface area contributed by atoms with Crippen molar-refractivity contribution < 1.29 is 9.90 Å². The van der Waals surface area contributed by atoms with Crippen molar-refractivity contribution in [3.05, 3.63) is 0 Å². The first-order valence-corrected chi connectivity index (χ1v) is 11.0. The van der Waals surface area contributed by atoms with Gasteiger partial charge in [-0.15, -0.1) is 24.0 Å². The van der Waals surface area contributed by atoms with Crippen LogP contribution in [0.4, 0.5) is 0 Å². The first-order valence-electron chi connectivity index (χ1n) is 11.0. The lowest BCUT2D eigenvalue weighted by Gasteiger charge is -2.37. The molecule has 0 aromatic heterocycles. The highest BCUT2D eigenvalue weighted by molar-refractivity contribution is 14.0. The average Bonchev–Trinajstić information content (AvgIpc) is 3.34. The molecule has 2 saturated carbocycles. The summed E-state index contributed by atoms with van der Waals surface area (Å²) in [5, 5.41) is 17.3. The number of halogens is 1. The maximum absolute atomic E-state index is 12.6. The molecule has 1 aliphatic heterocycles. The van der Waals surface area contributed by atoms with E-state index < -0.39 is 0 Å². The molecule has 3 rings (SSSR count). The van der Waals surface area contributed by atoms with Crippen LogP contribution < -0.4 is 10.6 Å². The minimum Gasteiger partial charge on any atom is -0.392 e. The van der Waals surface area contributed by atoms with E-state index in [1.54, 1.807) is 0 Å². The standard InChI is InChI=1S/C21H38N4O2.HI/c1-3-22-20(23-15-21(2)12-7-6-10-18(21)26)24-17-11-13-25(14-17)19(27)16-8-4-5-9-16;/h16-18,26H,3-15H2,1-2H3,(H2,22,23,24);1H. The lowest BCUT2D eigenvalue weighted by atomic mass is 9.73. The minimum absolute atomic E-state index is 0. The van der Waals surface area contributed by atoms with E-state index in [0.29, 0.717) is 12.5 Å². The van der Waals surface area contributed by atoms with Crippen molar-refractivity contribution in [1.82, 2.24) is 15.5 Å². The molecule has 3 fully saturated rings. The summed E-state index contributed by atoms with van der Waals surface area (Å²) in [5.41, 5.74) is -0.124. The summed E-state index contributed by atoms with van der Waals surface area (Å²) in [5.74, 6) is 1.44. The summed E-state index contributed by atoms with van der Waals surface area (Å²) in [6.07, 6.45) is 9.46. The predicted molar refractivity (Wildman–Crippen MR) is 124 cm³/mol. The number of nitrogens with zero attached hydrogens (tertiary/aromatic N) is 2. The molecule has 3 aliphatic rings. The van der Waals surface area contributed by atoms with Crippen molar-refractivity contribution in [3.8, 4) is 0 Å². The number of nitrogens with one attached hydrogen (secondary N) is 2. The van der Waals surface area contributed by atoms with E-state index in [0.717, 1.165) is 64.1 Å². The third-order valence-corrected chi connectivity index (χ3v) is 6.77. The number of carbonyl (C=O) groups excluding carboxylic acids is 1. The first kappa shape index (κ1) is 23.7. The van der Waals surface area contributed by atoms with Crippen LogP contribution in [-0.4, -0.2) is 60.2 Å². The van der Waals surface area contributed by atoms with Crippen LogP contribution in [0.2, 0.25) is 0 Å². The Hall–Kier alpha value is -0.570. The van der Waals surface area contributed by atoms with E-state index in [1.807, 2.05) is 4.90 Å². The van der Waals surface area contributed by atoms with Crippen molar-refractivity contribution >= 4 is 35.8 Å². The number of aliphatic imine (C=N–C) groups is 1. The predicted octanol–water partition coefficient (Wildman–Crippen LogP) is 2.89. The number of aliphatic hydroxyl groups excluding tert-OH is 1. The zero-order valence-electron chi connectivity index (χ0n) is 17.6. The van der Waals surface area contributed by atoms with E-state index in [-0.39, 0.29) is 47.5 Å². The van der Waals surface area contributed by atoms with E-state index in [1.165, 1.54) is 19.3 Å². The highest BCUT2D eigenvalue weighted by atomic mass is 127. The molecule has 162 valence electrons. The van der Waals surface area contributed by atoms with Crippen LogP contribution in [0.5, 0.6) is 0 Å².